The van der Waals surface area contributed by atoms with Crippen LogP contribution in [0.5, 0.6) is 0 Å². The van der Waals surface area contributed by atoms with Gasteiger partial charge in [-0.1, -0.05) is 13.3 Å². The number of hydrogen-bond donors (Lipinski definition) is 2. The van der Waals surface area contributed by atoms with Crippen LogP contribution in [0.3, 0.4) is 0 Å². The van der Waals surface area contributed by atoms with Crippen LogP contribution in [0.25, 0.3) is 0 Å². The topological polar surface area (TPSA) is 92.5 Å². The number of amides is 1. The number of hydrogen-bond acceptors (Lipinski definition) is 4. The van der Waals surface area contributed by atoms with Gasteiger partial charge in [0.05, 0.1) is 5.75 Å². The van der Waals surface area contributed by atoms with E-state index in [9.17, 15) is 13.2 Å². The van der Waals surface area contributed by atoms with Gasteiger partial charge in [-0.05, 0) is 32.6 Å². The van der Waals surface area contributed by atoms with E-state index in [0.29, 0.717) is 32.4 Å². The number of nitrogens with two attached hydrogens (primary N) is 1. The van der Waals surface area contributed by atoms with Gasteiger partial charge >= 0.3 is 0 Å². The highest BCUT2D eigenvalue weighted by molar-refractivity contribution is 7.89. The van der Waals surface area contributed by atoms with Gasteiger partial charge in [-0.2, -0.15) is 4.31 Å². The Balaban J connectivity index is 0.00000400. The molecule has 2 unspecified atom stereocenters. The molecule has 0 bridgehead atoms. The fourth-order valence-electron chi connectivity index (χ4n) is 2.32. The van der Waals surface area contributed by atoms with E-state index < -0.39 is 16.1 Å². The molecule has 1 aliphatic heterocycles. The Hall–Kier alpha value is -0.370. The SMILES string of the molecule is CCCCS(=O)(=O)N1CCCC1C(=O)NCCC(C)N.Cl. The standard InChI is InChI=1S/C13H27N3O3S.ClH/c1-3-4-10-20(18,19)16-9-5-6-12(16)13(17)15-8-7-11(2)14;/h11-12H,3-10,14H2,1-2H3,(H,15,17);1H. The van der Waals surface area contributed by atoms with Gasteiger partial charge in [0.2, 0.25) is 15.9 Å². The molecule has 1 aliphatic rings. The highest BCUT2D eigenvalue weighted by Crippen LogP contribution is 2.22. The number of unbranched alkanes of at least 4 members (excludes halogenated alkanes) is 1. The Bertz CT molecular complexity index is 415. The molecule has 0 aromatic rings. The van der Waals surface area contributed by atoms with Gasteiger partial charge in [0.15, 0.2) is 0 Å². The average Bonchev–Trinajstić information content (AvgIpc) is 2.86. The van der Waals surface area contributed by atoms with Crippen molar-refractivity contribution in [3.05, 3.63) is 0 Å². The van der Waals surface area contributed by atoms with Crippen LogP contribution in [0.1, 0.15) is 46.0 Å². The minimum atomic E-state index is -3.31. The first-order valence-corrected chi connectivity index (χ1v) is 9.02. The first kappa shape index (κ1) is 20.6. The van der Waals surface area contributed by atoms with Gasteiger partial charge in [-0.25, -0.2) is 8.42 Å². The van der Waals surface area contributed by atoms with Crippen molar-refractivity contribution in [3.8, 4) is 0 Å². The molecule has 0 saturated carbocycles. The minimum Gasteiger partial charge on any atom is -0.355 e. The highest BCUT2D eigenvalue weighted by Gasteiger charge is 2.37. The van der Waals surface area contributed by atoms with Crippen LogP contribution < -0.4 is 11.1 Å². The molecule has 6 nitrogen and oxygen atoms in total. The van der Waals surface area contributed by atoms with E-state index in [1.807, 2.05) is 13.8 Å². The normalized spacial score (nSPS) is 20.8. The van der Waals surface area contributed by atoms with Crippen LogP contribution in [-0.2, 0) is 14.8 Å². The molecule has 0 radical (unpaired) electrons. The van der Waals surface area contributed by atoms with Gasteiger partial charge in [0.25, 0.3) is 0 Å². The second kappa shape index (κ2) is 9.61. The number of sulfonamides is 1. The molecule has 0 aromatic carbocycles. The predicted molar refractivity (Wildman–Crippen MR) is 86.9 cm³/mol. The monoisotopic (exact) mass is 341 g/mol. The van der Waals surface area contributed by atoms with Crippen LogP contribution in [0.15, 0.2) is 0 Å². The Labute approximate surface area is 134 Å². The Morgan fingerprint density at radius 1 is 1.48 bits per heavy atom. The lowest BCUT2D eigenvalue weighted by molar-refractivity contribution is -0.124. The van der Waals surface area contributed by atoms with Crippen LogP contribution in [0, 0.1) is 0 Å². The summed E-state index contributed by atoms with van der Waals surface area (Å²) in [6, 6.07) is -0.506. The number of rotatable bonds is 8. The first-order chi connectivity index (χ1) is 9.38. The summed E-state index contributed by atoms with van der Waals surface area (Å²) in [7, 11) is -3.31. The molecule has 1 heterocycles. The summed E-state index contributed by atoms with van der Waals surface area (Å²) < 4.78 is 25.8. The van der Waals surface area contributed by atoms with Crippen molar-refractivity contribution < 1.29 is 13.2 Å². The molecule has 0 aliphatic carbocycles. The summed E-state index contributed by atoms with van der Waals surface area (Å²) in [5.41, 5.74) is 5.63. The van der Waals surface area contributed by atoms with E-state index in [2.05, 4.69) is 5.32 Å². The molecular formula is C13H28ClN3O3S. The molecule has 0 spiro atoms. The number of carbonyl (C=O) groups is 1. The van der Waals surface area contributed by atoms with Gasteiger partial charge in [0.1, 0.15) is 6.04 Å². The maximum atomic E-state index is 12.2. The summed E-state index contributed by atoms with van der Waals surface area (Å²) in [5, 5.41) is 2.79. The predicted octanol–water partition coefficient (Wildman–Crippen LogP) is 0.856. The third-order valence-corrected chi connectivity index (χ3v) is 5.47. The van der Waals surface area contributed by atoms with Gasteiger partial charge < -0.3 is 11.1 Å². The molecule has 1 fully saturated rings. The zero-order chi connectivity index (χ0) is 15.2. The van der Waals surface area contributed by atoms with Gasteiger partial charge in [-0.3, -0.25) is 4.79 Å². The molecule has 8 heteroatoms. The molecule has 3 N–H and O–H groups in total. The third kappa shape index (κ3) is 6.50. The largest absolute Gasteiger partial charge is 0.355 e. The summed E-state index contributed by atoms with van der Waals surface area (Å²) in [6.45, 7) is 4.79. The lowest BCUT2D eigenvalue weighted by atomic mass is 10.2. The van der Waals surface area contributed by atoms with E-state index in [1.54, 1.807) is 0 Å². The zero-order valence-electron chi connectivity index (χ0n) is 12.9. The molecular weight excluding hydrogens is 314 g/mol. The van der Waals surface area contributed by atoms with Crippen molar-refractivity contribution in [2.24, 2.45) is 5.73 Å². The lowest BCUT2D eigenvalue weighted by Crippen LogP contribution is -2.47. The summed E-state index contributed by atoms with van der Waals surface area (Å²) in [5.74, 6) is -0.0594. The summed E-state index contributed by atoms with van der Waals surface area (Å²) in [6.07, 6.45) is 3.52. The highest BCUT2D eigenvalue weighted by atomic mass is 35.5. The molecule has 1 rings (SSSR count). The fourth-order valence-corrected chi connectivity index (χ4v) is 4.20. The fraction of sp³-hybridized carbons (Fsp3) is 0.923. The zero-order valence-corrected chi connectivity index (χ0v) is 14.5. The number of nitrogens with zero attached hydrogens (tertiary/aromatic N) is 1. The Morgan fingerprint density at radius 2 is 2.14 bits per heavy atom. The number of nitrogens with one attached hydrogen (secondary N) is 1. The Kier molecular flexibility index (Phi) is 9.44. The van der Waals surface area contributed by atoms with E-state index in [1.165, 1.54) is 4.31 Å². The minimum absolute atomic E-state index is 0. The van der Waals surface area contributed by atoms with Crippen molar-refractivity contribution in [2.45, 2.75) is 58.0 Å². The second-order valence-corrected chi connectivity index (χ2v) is 7.54. The average molecular weight is 342 g/mol. The number of carbonyl (C=O) groups excluding carboxylic acids is 1. The van der Waals surface area contributed by atoms with Crippen molar-refractivity contribution in [3.63, 3.8) is 0 Å². The lowest BCUT2D eigenvalue weighted by Gasteiger charge is -2.23. The number of halogens is 1. The van der Waals surface area contributed by atoms with Crippen molar-refractivity contribution in [2.75, 3.05) is 18.8 Å². The van der Waals surface area contributed by atoms with Crippen LogP contribution >= 0.6 is 12.4 Å². The summed E-state index contributed by atoms with van der Waals surface area (Å²) in [4.78, 5) is 12.1. The molecule has 1 saturated heterocycles. The van der Waals surface area contributed by atoms with Crippen molar-refractivity contribution >= 4 is 28.3 Å². The van der Waals surface area contributed by atoms with E-state index >= 15 is 0 Å². The van der Waals surface area contributed by atoms with Gasteiger partial charge in [0, 0.05) is 19.1 Å². The first-order valence-electron chi connectivity index (χ1n) is 7.41. The molecule has 1 amide bonds. The molecule has 2 atom stereocenters. The van der Waals surface area contributed by atoms with Crippen LogP contribution in [-0.4, -0.2) is 49.6 Å². The Morgan fingerprint density at radius 3 is 2.71 bits per heavy atom. The van der Waals surface area contributed by atoms with E-state index in [4.69, 9.17) is 5.73 Å². The molecule has 0 aromatic heterocycles. The van der Waals surface area contributed by atoms with Crippen molar-refractivity contribution in [1.82, 2.24) is 9.62 Å². The maximum absolute atomic E-state index is 12.2. The third-order valence-electron chi connectivity index (χ3n) is 3.52. The summed E-state index contributed by atoms with van der Waals surface area (Å²) >= 11 is 0. The van der Waals surface area contributed by atoms with E-state index in [-0.39, 0.29) is 30.1 Å². The molecule has 21 heavy (non-hydrogen) atoms. The molecule has 126 valence electrons. The van der Waals surface area contributed by atoms with Gasteiger partial charge in [-0.15, -0.1) is 12.4 Å². The smallest absolute Gasteiger partial charge is 0.238 e. The van der Waals surface area contributed by atoms with Crippen LogP contribution in [0.4, 0.5) is 0 Å². The maximum Gasteiger partial charge on any atom is 0.238 e. The van der Waals surface area contributed by atoms with E-state index in [0.717, 1.165) is 12.8 Å². The second-order valence-electron chi connectivity index (χ2n) is 5.50. The quantitative estimate of drug-likeness (QED) is 0.684. The van der Waals surface area contributed by atoms with Crippen molar-refractivity contribution in [1.29, 1.82) is 0 Å². The van der Waals surface area contributed by atoms with Crippen LogP contribution in [0.2, 0.25) is 0 Å².